The zero-order chi connectivity index (χ0) is 23.8. The summed E-state index contributed by atoms with van der Waals surface area (Å²) in [5.41, 5.74) is 2.58. The van der Waals surface area contributed by atoms with Gasteiger partial charge >= 0.3 is 5.97 Å². The van der Waals surface area contributed by atoms with Gasteiger partial charge in [0.1, 0.15) is 0 Å². The standard InChI is InChI=1S/C25H24N2O6/c1-16(28)26-21-14-23(32-3)22(31-2)13-19(21)25(30)33-15-24(29)27-20-12-8-7-11-18(20)17-9-5-4-6-10-17/h4-14H,15H2,1-3H3,(H,26,28)(H,27,29). The van der Waals surface area contributed by atoms with E-state index in [-0.39, 0.29) is 22.9 Å². The van der Waals surface area contributed by atoms with Gasteiger partial charge in [-0.05, 0) is 11.6 Å². The number of carbonyl (C=O) groups excluding carboxylic acids is 3. The van der Waals surface area contributed by atoms with Crippen molar-refractivity contribution in [3.63, 3.8) is 0 Å². The van der Waals surface area contributed by atoms with Crippen LogP contribution in [0.2, 0.25) is 0 Å². The van der Waals surface area contributed by atoms with Crippen molar-refractivity contribution < 1.29 is 28.6 Å². The molecule has 3 rings (SSSR count). The Hall–Kier alpha value is -4.33. The molecule has 33 heavy (non-hydrogen) atoms. The highest BCUT2D eigenvalue weighted by Crippen LogP contribution is 2.34. The van der Waals surface area contributed by atoms with E-state index in [1.54, 1.807) is 12.1 Å². The molecular formula is C25H24N2O6. The number of hydrogen-bond acceptors (Lipinski definition) is 6. The first-order chi connectivity index (χ1) is 15.9. The summed E-state index contributed by atoms with van der Waals surface area (Å²) in [6, 6.07) is 19.8. The Morgan fingerprint density at radius 3 is 2.09 bits per heavy atom. The average Bonchev–Trinajstić information content (AvgIpc) is 2.82. The smallest absolute Gasteiger partial charge is 0.340 e. The number of rotatable bonds is 8. The minimum atomic E-state index is -0.800. The van der Waals surface area contributed by atoms with Gasteiger partial charge in [0.05, 0.1) is 25.5 Å². The molecule has 0 unspecified atom stereocenters. The van der Waals surface area contributed by atoms with Crippen LogP contribution >= 0.6 is 0 Å². The second kappa shape index (κ2) is 10.8. The number of anilines is 2. The van der Waals surface area contributed by atoms with Crippen molar-refractivity contribution in [2.75, 3.05) is 31.5 Å². The van der Waals surface area contributed by atoms with Crippen molar-refractivity contribution in [3.05, 3.63) is 72.3 Å². The zero-order valence-corrected chi connectivity index (χ0v) is 18.5. The lowest BCUT2D eigenvalue weighted by Crippen LogP contribution is -2.22. The maximum atomic E-state index is 12.7. The first-order valence-electron chi connectivity index (χ1n) is 10.1. The van der Waals surface area contributed by atoms with Crippen LogP contribution in [0.25, 0.3) is 11.1 Å². The second-order valence-corrected chi connectivity index (χ2v) is 6.97. The number of ether oxygens (including phenoxy) is 3. The first kappa shape index (κ1) is 23.3. The molecule has 170 valence electrons. The lowest BCUT2D eigenvalue weighted by Gasteiger charge is -2.15. The maximum absolute atomic E-state index is 12.7. The predicted octanol–water partition coefficient (Wildman–Crippen LogP) is 4.12. The molecule has 2 amide bonds. The number of esters is 1. The van der Waals surface area contributed by atoms with E-state index in [0.717, 1.165) is 11.1 Å². The van der Waals surface area contributed by atoms with Crippen molar-refractivity contribution >= 4 is 29.2 Å². The van der Waals surface area contributed by atoms with Crippen molar-refractivity contribution in [3.8, 4) is 22.6 Å². The highest BCUT2D eigenvalue weighted by Gasteiger charge is 2.20. The zero-order valence-electron chi connectivity index (χ0n) is 18.5. The average molecular weight is 448 g/mol. The number of carbonyl (C=O) groups is 3. The molecule has 0 atom stereocenters. The van der Waals surface area contributed by atoms with Gasteiger partial charge in [0.15, 0.2) is 18.1 Å². The molecule has 0 fully saturated rings. The van der Waals surface area contributed by atoms with Crippen LogP contribution in [0, 0.1) is 0 Å². The molecule has 3 aromatic rings. The molecule has 0 aliphatic rings. The Morgan fingerprint density at radius 1 is 0.788 bits per heavy atom. The van der Waals surface area contributed by atoms with Crippen LogP contribution in [0.15, 0.2) is 66.7 Å². The van der Waals surface area contributed by atoms with Gasteiger partial charge < -0.3 is 24.8 Å². The summed E-state index contributed by atoms with van der Waals surface area (Å²) in [7, 11) is 2.85. The molecule has 0 aliphatic heterocycles. The highest BCUT2D eigenvalue weighted by molar-refractivity contribution is 6.03. The molecule has 3 aromatic carbocycles. The number of benzene rings is 3. The van der Waals surface area contributed by atoms with E-state index in [0.29, 0.717) is 11.4 Å². The maximum Gasteiger partial charge on any atom is 0.340 e. The van der Waals surface area contributed by atoms with E-state index in [4.69, 9.17) is 14.2 Å². The minimum Gasteiger partial charge on any atom is -0.493 e. The number of hydrogen-bond donors (Lipinski definition) is 2. The highest BCUT2D eigenvalue weighted by atomic mass is 16.5. The van der Waals surface area contributed by atoms with Crippen LogP contribution in [0.1, 0.15) is 17.3 Å². The summed E-state index contributed by atoms with van der Waals surface area (Å²) < 4.78 is 15.6. The fraction of sp³-hybridized carbons (Fsp3) is 0.160. The summed E-state index contributed by atoms with van der Waals surface area (Å²) in [5, 5.41) is 5.33. The van der Waals surface area contributed by atoms with Crippen LogP contribution in [-0.4, -0.2) is 38.6 Å². The van der Waals surface area contributed by atoms with Crippen LogP contribution in [0.5, 0.6) is 11.5 Å². The summed E-state index contributed by atoms with van der Waals surface area (Å²) >= 11 is 0. The van der Waals surface area contributed by atoms with Gasteiger partial charge in [0.25, 0.3) is 5.91 Å². The van der Waals surface area contributed by atoms with E-state index in [1.165, 1.54) is 33.3 Å². The lowest BCUT2D eigenvalue weighted by atomic mass is 10.0. The monoisotopic (exact) mass is 448 g/mol. The molecular weight excluding hydrogens is 424 g/mol. The number of nitrogens with one attached hydrogen (secondary N) is 2. The molecule has 0 heterocycles. The minimum absolute atomic E-state index is 0.0281. The fourth-order valence-corrected chi connectivity index (χ4v) is 3.20. The lowest BCUT2D eigenvalue weighted by molar-refractivity contribution is -0.119. The summed E-state index contributed by atoms with van der Waals surface area (Å²) in [5.74, 6) is -1.08. The number of para-hydroxylation sites is 1. The van der Waals surface area contributed by atoms with Crippen molar-refractivity contribution in [1.82, 2.24) is 0 Å². The quantitative estimate of drug-likeness (QED) is 0.503. The SMILES string of the molecule is COc1cc(NC(C)=O)c(C(=O)OCC(=O)Nc2ccccc2-c2ccccc2)cc1OC. The van der Waals surface area contributed by atoms with E-state index >= 15 is 0 Å². The van der Waals surface area contributed by atoms with Crippen LogP contribution in [-0.2, 0) is 14.3 Å². The Kier molecular flexibility index (Phi) is 7.64. The predicted molar refractivity (Wildman–Crippen MR) is 125 cm³/mol. The fourth-order valence-electron chi connectivity index (χ4n) is 3.20. The molecule has 8 heteroatoms. The van der Waals surface area contributed by atoms with Gasteiger partial charge in [-0.2, -0.15) is 0 Å². The molecule has 0 bridgehead atoms. The summed E-state index contributed by atoms with van der Waals surface area (Å²) in [6.07, 6.45) is 0. The Labute approximate surface area is 191 Å². The molecule has 0 aromatic heterocycles. The molecule has 2 N–H and O–H groups in total. The third-order valence-corrected chi connectivity index (χ3v) is 4.67. The van der Waals surface area contributed by atoms with Gasteiger partial charge in [-0.3, -0.25) is 9.59 Å². The number of methoxy groups -OCH3 is 2. The largest absolute Gasteiger partial charge is 0.493 e. The summed E-state index contributed by atoms with van der Waals surface area (Å²) in [6.45, 7) is 0.791. The Balaban J connectivity index is 1.74. The van der Waals surface area contributed by atoms with E-state index < -0.39 is 18.5 Å². The van der Waals surface area contributed by atoms with Gasteiger partial charge in [0, 0.05) is 30.3 Å². The molecule has 0 saturated heterocycles. The van der Waals surface area contributed by atoms with Gasteiger partial charge in [-0.15, -0.1) is 0 Å². The number of amides is 2. The Morgan fingerprint density at radius 2 is 1.42 bits per heavy atom. The van der Waals surface area contributed by atoms with Crippen LogP contribution in [0.4, 0.5) is 11.4 Å². The molecule has 0 radical (unpaired) electrons. The summed E-state index contributed by atoms with van der Waals surface area (Å²) in [4.78, 5) is 36.8. The normalized spacial score (nSPS) is 10.2. The third-order valence-electron chi connectivity index (χ3n) is 4.67. The van der Waals surface area contributed by atoms with Crippen LogP contribution in [0.3, 0.4) is 0 Å². The first-order valence-corrected chi connectivity index (χ1v) is 10.1. The van der Waals surface area contributed by atoms with E-state index in [1.807, 2.05) is 42.5 Å². The third kappa shape index (κ3) is 5.88. The molecule has 0 spiro atoms. The van der Waals surface area contributed by atoms with Gasteiger partial charge in [-0.1, -0.05) is 48.5 Å². The van der Waals surface area contributed by atoms with Crippen molar-refractivity contribution in [2.24, 2.45) is 0 Å². The topological polar surface area (TPSA) is 103 Å². The van der Waals surface area contributed by atoms with Crippen molar-refractivity contribution in [2.45, 2.75) is 6.92 Å². The second-order valence-electron chi connectivity index (χ2n) is 6.97. The Bertz CT molecular complexity index is 1160. The van der Waals surface area contributed by atoms with Gasteiger partial charge in [-0.25, -0.2) is 4.79 Å². The van der Waals surface area contributed by atoms with Gasteiger partial charge in [0.2, 0.25) is 5.91 Å². The van der Waals surface area contributed by atoms with E-state index in [2.05, 4.69) is 10.6 Å². The molecule has 0 saturated carbocycles. The van der Waals surface area contributed by atoms with E-state index in [9.17, 15) is 14.4 Å². The molecule has 8 nitrogen and oxygen atoms in total. The van der Waals surface area contributed by atoms with Crippen molar-refractivity contribution in [1.29, 1.82) is 0 Å². The van der Waals surface area contributed by atoms with Crippen LogP contribution < -0.4 is 20.1 Å². The molecule has 0 aliphatic carbocycles.